The van der Waals surface area contributed by atoms with Gasteiger partial charge in [0, 0.05) is 17.0 Å². The zero-order chi connectivity index (χ0) is 18.8. The monoisotopic (exact) mass is 373 g/mol. The van der Waals surface area contributed by atoms with Gasteiger partial charge >= 0.3 is 0 Å². The van der Waals surface area contributed by atoms with Crippen LogP contribution >= 0.6 is 11.8 Å². The summed E-state index contributed by atoms with van der Waals surface area (Å²) in [6.45, 7) is 1.99. The summed E-state index contributed by atoms with van der Waals surface area (Å²) >= 11 is 1.76. The average Bonchev–Trinajstić information content (AvgIpc) is 2.66. The smallest absolute Gasteiger partial charge is 0.257 e. The Labute approximate surface area is 158 Å². The molecule has 0 fully saturated rings. The molecule has 0 heterocycles. The van der Waals surface area contributed by atoms with Crippen LogP contribution in [0.15, 0.2) is 53.4 Å². The lowest BCUT2D eigenvalue weighted by Crippen LogP contribution is -2.30. The number of carbonyl (C=O) groups excluding carboxylic acids is 2. The van der Waals surface area contributed by atoms with Crippen LogP contribution in [0.25, 0.3) is 0 Å². The molecule has 6 heteroatoms. The van der Waals surface area contributed by atoms with Crippen molar-refractivity contribution < 1.29 is 19.1 Å². The lowest BCUT2D eigenvalue weighted by molar-refractivity contribution is -0.123. The van der Waals surface area contributed by atoms with Gasteiger partial charge in [0.2, 0.25) is 0 Å². The molecule has 138 valence electrons. The molecular weight excluding hydrogens is 350 g/mol. The van der Waals surface area contributed by atoms with Crippen molar-refractivity contribution in [2.45, 2.75) is 18.2 Å². The highest BCUT2D eigenvalue weighted by molar-refractivity contribution is 7.99. The second-order valence-corrected chi connectivity index (χ2v) is 6.74. The van der Waals surface area contributed by atoms with E-state index in [1.807, 2.05) is 18.2 Å². The fourth-order valence-corrected chi connectivity index (χ4v) is 3.08. The quantitative estimate of drug-likeness (QED) is 0.392. The van der Waals surface area contributed by atoms with E-state index in [4.69, 9.17) is 9.47 Å². The first-order valence-electron chi connectivity index (χ1n) is 8.36. The third kappa shape index (κ3) is 6.44. The molecule has 26 heavy (non-hydrogen) atoms. The van der Waals surface area contributed by atoms with Crippen LogP contribution in [0.5, 0.6) is 11.5 Å². The standard InChI is InChI=1S/C20H23NO4S/c1-15(22)16-9-10-18(19(13-16)24-2)25-14-20(23)21-11-6-12-26-17-7-4-3-5-8-17/h3-5,7-10,13H,6,11-12,14H2,1-2H3,(H,21,23). The highest BCUT2D eigenvalue weighted by Gasteiger charge is 2.10. The van der Waals surface area contributed by atoms with Crippen molar-refractivity contribution in [2.75, 3.05) is 26.0 Å². The van der Waals surface area contributed by atoms with Gasteiger partial charge in [0.25, 0.3) is 5.91 Å². The number of hydrogen-bond donors (Lipinski definition) is 1. The number of methoxy groups -OCH3 is 1. The second-order valence-electron chi connectivity index (χ2n) is 5.58. The minimum atomic E-state index is -0.188. The van der Waals surface area contributed by atoms with E-state index in [0.717, 1.165) is 12.2 Å². The Morgan fingerprint density at radius 1 is 1.08 bits per heavy atom. The van der Waals surface area contributed by atoms with Gasteiger partial charge in [-0.25, -0.2) is 0 Å². The van der Waals surface area contributed by atoms with Gasteiger partial charge < -0.3 is 14.8 Å². The molecule has 0 aliphatic carbocycles. The number of ketones is 1. The maximum atomic E-state index is 11.9. The summed E-state index contributed by atoms with van der Waals surface area (Å²) in [4.78, 5) is 24.5. The van der Waals surface area contributed by atoms with E-state index in [2.05, 4.69) is 17.4 Å². The molecule has 0 radical (unpaired) electrons. The summed E-state index contributed by atoms with van der Waals surface area (Å²) < 4.78 is 10.7. The van der Waals surface area contributed by atoms with Crippen molar-refractivity contribution in [1.82, 2.24) is 5.32 Å². The maximum absolute atomic E-state index is 11.9. The van der Waals surface area contributed by atoms with E-state index < -0.39 is 0 Å². The van der Waals surface area contributed by atoms with Crippen molar-refractivity contribution in [1.29, 1.82) is 0 Å². The Hall–Kier alpha value is -2.47. The predicted molar refractivity (Wildman–Crippen MR) is 103 cm³/mol. The molecule has 0 saturated carbocycles. The highest BCUT2D eigenvalue weighted by atomic mass is 32.2. The molecule has 0 aromatic heterocycles. The first-order valence-corrected chi connectivity index (χ1v) is 9.35. The molecule has 0 bridgehead atoms. The van der Waals surface area contributed by atoms with Gasteiger partial charge in [-0.3, -0.25) is 9.59 Å². The minimum absolute atomic E-state index is 0.0547. The Kier molecular flexibility index (Phi) is 8.02. The first-order chi connectivity index (χ1) is 12.6. The number of Topliss-reactive ketones (excluding diaryl/α,β-unsaturated/α-hetero) is 1. The molecule has 1 amide bonds. The number of rotatable bonds is 10. The third-order valence-corrected chi connectivity index (χ3v) is 4.68. The number of hydrogen-bond acceptors (Lipinski definition) is 5. The highest BCUT2D eigenvalue weighted by Crippen LogP contribution is 2.28. The molecule has 5 nitrogen and oxygen atoms in total. The van der Waals surface area contributed by atoms with Gasteiger partial charge in [-0.05, 0) is 49.4 Å². The molecule has 0 spiro atoms. The topological polar surface area (TPSA) is 64.6 Å². The lowest BCUT2D eigenvalue weighted by atomic mass is 10.1. The van der Waals surface area contributed by atoms with E-state index in [1.54, 1.807) is 30.0 Å². The summed E-state index contributed by atoms with van der Waals surface area (Å²) in [5, 5.41) is 2.83. The van der Waals surface area contributed by atoms with Crippen LogP contribution in [0.4, 0.5) is 0 Å². The van der Waals surface area contributed by atoms with Crippen LogP contribution in [0.3, 0.4) is 0 Å². The molecule has 2 aromatic carbocycles. The number of carbonyl (C=O) groups is 2. The summed E-state index contributed by atoms with van der Waals surface area (Å²) in [5.41, 5.74) is 0.537. The van der Waals surface area contributed by atoms with Crippen molar-refractivity contribution >= 4 is 23.5 Å². The van der Waals surface area contributed by atoms with Crippen LogP contribution < -0.4 is 14.8 Å². The summed E-state index contributed by atoms with van der Waals surface area (Å²) in [6, 6.07) is 15.1. The zero-order valence-electron chi connectivity index (χ0n) is 15.0. The second kappa shape index (κ2) is 10.5. The van der Waals surface area contributed by atoms with E-state index in [9.17, 15) is 9.59 Å². The molecule has 1 N–H and O–H groups in total. The average molecular weight is 373 g/mol. The van der Waals surface area contributed by atoms with Crippen molar-refractivity contribution in [3.63, 3.8) is 0 Å². The summed E-state index contributed by atoms with van der Waals surface area (Å²) in [5.74, 6) is 1.57. The zero-order valence-corrected chi connectivity index (χ0v) is 15.8. The molecule has 0 aliphatic rings. The molecular formula is C20H23NO4S. The Bertz CT molecular complexity index is 734. The number of amides is 1. The molecule has 0 unspecified atom stereocenters. The van der Waals surface area contributed by atoms with Gasteiger partial charge in [-0.2, -0.15) is 0 Å². The van der Waals surface area contributed by atoms with Crippen molar-refractivity contribution in [3.8, 4) is 11.5 Å². The Morgan fingerprint density at radius 2 is 1.85 bits per heavy atom. The predicted octanol–water partition coefficient (Wildman–Crippen LogP) is 3.58. The van der Waals surface area contributed by atoms with E-state index >= 15 is 0 Å². The van der Waals surface area contributed by atoms with Crippen molar-refractivity contribution in [3.05, 3.63) is 54.1 Å². The van der Waals surface area contributed by atoms with Crippen molar-refractivity contribution in [2.24, 2.45) is 0 Å². The number of thioether (sulfide) groups is 1. The minimum Gasteiger partial charge on any atom is -0.493 e. The molecule has 2 rings (SSSR count). The van der Waals surface area contributed by atoms with Crippen LogP contribution in [0.1, 0.15) is 23.7 Å². The van der Waals surface area contributed by atoms with Gasteiger partial charge in [-0.15, -0.1) is 11.8 Å². The molecule has 2 aromatic rings. The van der Waals surface area contributed by atoms with E-state index in [0.29, 0.717) is 23.6 Å². The van der Waals surface area contributed by atoms with Crippen LogP contribution in [-0.4, -0.2) is 37.7 Å². The largest absolute Gasteiger partial charge is 0.493 e. The number of benzene rings is 2. The van der Waals surface area contributed by atoms with E-state index in [-0.39, 0.29) is 18.3 Å². The van der Waals surface area contributed by atoms with E-state index in [1.165, 1.54) is 18.9 Å². The van der Waals surface area contributed by atoms with Gasteiger partial charge in [-0.1, -0.05) is 18.2 Å². The molecule has 0 saturated heterocycles. The van der Waals surface area contributed by atoms with Gasteiger partial charge in [0.05, 0.1) is 7.11 Å². The fraction of sp³-hybridized carbons (Fsp3) is 0.300. The van der Waals surface area contributed by atoms with Crippen LogP contribution in [0.2, 0.25) is 0 Å². The van der Waals surface area contributed by atoms with Gasteiger partial charge in [0.15, 0.2) is 23.9 Å². The Balaban J connectivity index is 1.69. The number of nitrogens with one attached hydrogen (secondary N) is 1. The third-order valence-electron chi connectivity index (χ3n) is 3.58. The van der Waals surface area contributed by atoms with Gasteiger partial charge in [0.1, 0.15) is 0 Å². The lowest BCUT2D eigenvalue weighted by Gasteiger charge is -2.11. The molecule has 0 atom stereocenters. The first kappa shape index (κ1) is 19.8. The fourth-order valence-electron chi connectivity index (χ4n) is 2.21. The normalized spacial score (nSPS) is 10.2. The summed E-state index contributed by atoms with van der Waals surface area (Å²) in [6.07, 6.45) is 0.877. The maximum Gasteiger partial charge on any atom is 0.257 e. The van der Waals surface area contributed by atoms with Crippen LogP contribution in [-0.2, 0) is 4.79 Å². The SMILES string of the molecule is COc1cc(C(C)=O)ccc1OCC(=O)NCCCSc1ccccc1. The van der Waals surface area contributed by atoms with Crippen LogP contribution in [0, 0.1) is 0 Å². The Morgan fingerprint density at radius 3 is 2.54 bits per heavy atom. The number of ether oxygens (including phenoxy) is 2. The summed E-state index contributed by atoms with van der Waals surface area (Å²) in [7, 11) is 1.50. The molecule has 0 aliphatic heterocycles.